The van der Waals surface area contributed by atoms with Gasteiger partial charge in [0.15, 0.2) is 0 Å². The third-order valence-corrected chi connectivity index (χ3v) is 8.75. The number of imide groups is 1. The molecular weight excluding hydrogens is 902 g/mol. The van der Waals surface area contributed by atoms with Gasteiger partial charge in [0.25, 0.3) is 22.3 Å². The number of benzene rings is 5. The molecule has 0 bridgehead atoms. The molecule has 0 saturated heterocycles. The van der Waals surface area contributed by atoms with Crippen LogP contribution in [-0.2, 0) is 56.4 Å². The van der Waals surface area contributed by atoms with Gasteiger partial charge in [-0.15, -0.1) is 3.89 Å². The Morgan fingerprint density at radius 1 is 0.667 bits per heavy atom. The van der Waals surface area contributed by atoms with E-state index in [4.69, 9.17) is 48.4 Å². The molecular formula is C40H33F3N2O15S3. The highest BCUT2D eigenvalue weighted by molar-refractivity contribution is 7.80. The van der Waals surface area contributed by atoms with Crippen molar-refractivity contribution in [2.24, 2.45) is 7.05 Å². The van der Waals surface area contributed by atoms with Crippen LogP contribution in [0.2, 0.25) is 0 Å². The number of fused-ring (bicyclic) bond motifs is 3. The van der Waals surface area contributed by atoms with Gasteiger partial charge in [-0.2, -0.15) is 21.4 Å². The molecule has 0 fully saturated rings. The molecule has 0 unspecified atom stereocenters. The summed E-state index contributed by atoms with van der Waals surface area (Å²) in [6, 6.07) is 32.7. The lowest BCUT2D eigenvalue weighted by atomic mass is 9.99. The van der Waals surface area contributed by atoms with Gasteiger partial charge in [0, 0.05) is 12.1 Å². The van der Waals surface area contributed by atoms with Gasteiger partial charge in [-0.05, 0) is 72.5 Å². The van der Waals surface area contributed by atoms with E-state index in [1.54, 1.807) is 50.2 Å². The number of ether oxygens (including phenoxy) is 2. The van der Waals surface area contributed by atoms with Gasteiger partial charge in [-0.3, -0.25) is 23.6 Å². The van der Waals surface area contributed by atoms with Crippen LogP contribution >= 0.6 is 0 Å². The number of esters is 2. The number of hydrogen-bond donors (Lipinski definition) is 2. The summed E-state index contributed by atoms with van der Waals surface area (Å²) in [6.45, 7) is 3.76. The van der Waals surface area contributed by atoms with Crippen molar-refractivity contribution in [3.63, 3.8) is 0 Å². The molecule has 2 heterocycles. The second kappa shape index (κ2) is 20.0. The zero-order chi connectivity index (χ0) is 47.0. The molecule has 1 aliphatic rings. The van der Waals surface area contributed by atoms with Crippen molar-refractivity contribution < 1.29 is 83.8 Å². The molecule has 0 saturated carbocycles. The van der Waals surface area contributed by atoms with Crippen LogP contribution in [0.5, 0.6) is 5.75 Å². The monoisotopic (exact) mass is 934 g/mol. The molecule has 1 aromatic heterocycles. The summed E-state index contributed by atoms with van der Waals surface area (Å²) in [5, 5.41) is 1.30. The Bertz CT molecular complexity index is 2940. The van der Waals surface area contributed by atoms with Crippen molar-refractivity contribution in [1.82, 2.24) is 4.90 Å². The Hall–Kier alpha value is -6.63. The van der Waals surface area contributed by atoms with E-state index in [1.165, 1.54) is 4.90 Å². The van der Waals surface area contributed by atoms with Gasteiger partial charge >= 0.3 is 32.9 Å². The largest absolute Gasteiger partial charge is 0.722 e. The molecule has 332 valence electrons. The van der Waals surface area contributed by atoms with Gasteiger partial charge in [0.05, 0.1) is 39.6 Å². The van der Waals surface area contributed by atoms with E-state index >= 15 is 0 Å². The number of aromatic nitrogens is 1. The maximum atomic E-state index is 14.2. The number of halogens is 3. The molecule has 0 spiro atoms. The summed E-state index contributed by atoms with van der Waals surface area (Å²) in [5.74, 6) is -1.39. The molecule has 0 aliphatic carbocycles. The molecule has 5 aromatic carbocycles. The van der Waals surface area contributed by atoms with Gasteiger partial charge in [-0.1, -0.05) is 68.4 Å². The van der Waals surface area contributed by atoms with Crippen LogP contribution in [-0.4, -0.2) is 67.6 Å². The molecule has 6 aromatic rings. The zero-order valence-corrected chi connectivity index (χ0v) is 35.2. The molecule has 0 atom stereocenters. The second-order valence-corrected chi connectivity index (χ2v) is 15.6. The SMILES string of the molecule is Cc1cc(C(=O)OCc2ccccc2)cc(C)c1OC(=O)c1c2ccccc2[n+](C)c2ccc(CN3C(=O)c4ccccc4C3=O)cc12.O=S(=O)(O)F.O=S(=O)(O)F.O=S(=O)([O-])F. The fourth-order valence-electron chi connectivity index (χ4n) is 6.39. The third-order valence-electron chi connectivity index (χ3n) is 8.75. The normalized spacial score (nSPS) is 12.2. The first-order chi connectivity index (χ1) is 29.2. The van der Waals surface area contributed by atoms with Gasteiger partial charge < -0.3 is 14.0 Å². The molecule has 23 heteroatoms. The van der Waals surface area contributed by atoms with Crippen LogP contribution in [0.15, 0.2) is 109 Å². The summed E-state index contributed by atoms with van der Waals surface area (Å²) in [6.07, 6.45) is 0. The molecule has 7 rings (SSSR count). The quantitative estimate of drug-likeness (QED) is 0.0368. The van der Waals surface area contributed by atoms with E-state index < -0.39 is 43.5 Å². The maximum Gasteiger partial charge on any atom is 0.435 e. The standard InChI is InChI=1S/C40H31N2O6.3FHO3S/c1-24-19-28(39(45)47-23-26-11-5-4-6-12-26)20-25(2)36(24)48-40(46)35-31-15-9-10-16-33(31)41(3)34-18-17-27(21-32(34)35)22-42-37(43)29-13-7-8-14-30(29)38(42)44;3*1-5(2,3)4/h4-21H,22-23H2,1-3H3;3*(H,2,3,4)/q+1;;;/p-1. The van der Waals surface area contributed by atoms with Gasteiger partial charge in [0.2, 0.25) is 11.0 Å². The van der Waals surface area contributed by atoms with Crippen molar-refractivity contribution in [3.8, 4) is 5.75 Å². The maximum absolute atomic E-state index is 14.2. The Labute approximate surface area is 358 Å². The van der Waals surface area contributed by atoms with Crippen LogP contribution in [0, 0.1) is 13.8 Å². The number of amides is 2. The first-order valence-electron chi connectivity index (χ1n) is 17.5. The van der Waals surface area contributed by atoms with Crippen LogP contribution in [0.4, 0.5) is 11.7 Å². The summed E-state index contributed by atoms with van der Waals surface area (Å²) in [4.78, 5) is 54.5. The Kier molecular flexibility index (Phi) is 15.6. The lowest BCUT2D eigenvalue weighted by Crippen LogP contribution is -2.32. The molecule has 1 aliphatic heterocycles. The van der Waals surface area contributed by atoms with Crippen LogP contribution in [0.25, 0.3) is 21.8 Å². The average Bonchev–Trinajstić information content (AvgIpc) is 3.41. The number of nitrogens with zero attached hydrogens (tertiary/aromatic N) is 2. The molecule has 2 N–H and O–H groups in total. The number of hydrogen-bond acceptors (Lipinski definition) is 13. The summed E-state index contributed by atoms with van der Waals surface area (Å²) in [5.41, 5.74) is 5.87. The Morgan fingerprint density at radius 3 is 1.65 bits per heavy atom. The van der Waals surface area contributed by atoms with Crippen molar-refractivity contribution in [2.75, 3.05) is 0 Å². The number of aryl methyl sites for hydroxylation is 3. The van der Waals surface area contributed by atoms with E-state index in [2.05, 4.69) is 0 Å². The first-order valence-corrected chi connectivity index (χ1v) is 21.5. The Morgan fingerprint density at radius 2 is 1.13 bits per heavy atom. The summed E-state index contributed by atoms with van der Waals surface area (Å²) < 4.78 is 117. The summed E-state index contributed by atoms with van der Waals surface area (Å²) in [7, 11) is -13.8. The van der Waals surface area contributed by atoms with E-state index in [-0.39, 0.29) is 25.0 Å². The van der Waals surface area contributed by atoms with Crippen molar-refractivity contribution in [3.05, 3.63) is 154 Å². The average molecular weight is 935 g/mol. The highest BCUT2D eigenvalue weighted by Crippen LogP contribution is 2.32. The molecule has 0 radical (unpaired) electrons. The first kappa shape index (κ1) is 49.0. The minimum Gasteiger partial charge on any atom is -0.722 e. The van der Waals surface area contributed by atoms with Crippen LogP contribution < -0.4 is 9.30 Å². The topological polar surface area (TPSA) is 260 Å². The van der Waals surface area contributed by atoms with E-state index in [1.807, 2.05) is 84.4 Å². The fraction of sp³-hybridized carbons (Fsp3) is 0.125. The highest BCUT2D eigenvalue weighted by atomic mass is 32.3. The lowest BCUT2D eigenvalue weighted by Gasteiger charge is -2.16. The number of pyridine rings is 1. The lowest BCUT2D eigenvalue weighted by molar-refractivity contribution is -0.617. The number of carbonyl (C=O) groups is 4. The number of rotatable bonds is 7. The minimum atomic E-state index is -5.42. The third kappa shape index (κ3) is 14.2. The van der Waals surface area contributed by atoms with Crippen molar-refractivity contribution in [1.29, 1.82) is 0 Å². The Balaban J connectivity index is 0.000000503. The fourth-order valence-corrected chi connectivity index (χ4v) is 6.39. The molecule has 17 nitrogen and oxygen atoms in total. The van der Waals surface area contributed by atoms with Gasteiger partial charge in [0.1, 0.15) is 19.4 Å². The van der Waals surface area contributed by atoms with E-state index in [0.717, 1.165) is 16.6 Å². The predicted molar refractivity (Wildman–Crippen MR) is 216 cm³/mol. The highest BCUT2D eigenvalue weighted by Gasteiger charge is 2.35. The molecule has 2 amide bonds. The van der Waals surface area contributed by atoms with Crippen molar-refractivity contribution in [2.45, 2.75) is 27.0 Å². The van der Waals surface area contributed by atoms with Crippen molar-refractivity contribution >= 4 is 77.1 Å². The van der Waals surface area contributed by atoms with Crippen LogP contribution in [0.1, 0.15) is 63.7 Å². The van der Waals surface area contributed by atoms with E-state index in [0.29, 0.717) is 55.5 Å². The number of para-hydroxylation sites is 1. The van der Waals surface area contributed by atoms with E-state index in [9.17, 15) is 30.8 Å². The molecule has 63 heavy (non-hydrogen) atoms. The minimum absolute atomic E-state index is 0.0490. The smallest absolute Gasteiger partial charge is 0.435 e. The predicted octanol–water partition coefficient (Wildman–Crippen LogP) is 5.74. The van der Waals surface area contributed by atoms with Gasteiger partial charge in [-0.25, -0.2) is 18.0 Å². The zero-order valence-electron chi connectivity index (χ0n) is 32.8. The number of carbonyl (C=O) groups excluding carboxylic acids is 4. The summed E-state index contributed by atoms with van der Waals surface area (Å²) >= 11 is 0. The second-order valence-electron chi connectivity index (χ2n) is 13.2. The van der Waals surface area contributed by atoms with Crippen LogP contribution in [0.3, 0.4) is 0 Å².